The second kappa shape index (κ2) is 15.0. The maximum Gasteiger partial charge on any atom is 0.258 e. The van der Waals surface area contributed by atoms with Crippen LogP contribution in [0.25, 0.3) is 33.0 Å². The van der Waals surface area contributed by atoms with E-state index in [1.54, 1.807) is 12.1 Å². The fourth-order valence-electron chi connectivity index (χ4n) is 5.01. The van der Waals surface area contributed by atoms with Gasteiger partial charge < -0.3 is 0 Å². The number of rotatable bonds is 12. The van der Waals surface area contributed by atoms with E-state index in [1.807, 2.05) is 0 Å². The molecule has 1 N–H and O–H groups in total. The molecule has 0 saturated carbocycles. The van der Waals surface area contributed by atoms with Crippen molar-refractivity contribution in [2.45, 2.75) is 78.1 Å². The predicted octanol–water partition coefficient (Wildman–Crippen LogP) is 8.75. The molecule has 3 nitrogen and oxygen atoms in total. The van der Waals surface area contributed by atoms with Crippen molar-refractivity contribution in [2.24, 2.45) is 0 Å². The van der Waals surface area contributed by atoms with Gasteiger partial charge in [0.2, 0.25) is 0 Å². The summed E-state index contributed by atoms with van der Waals surface area (Å²) in [5, 5.41) is 1.10. The molecule has 0 saturated heterocycles. The highest BCUT2D eigenvalue weighted by molar-refractivity contribution is 6.03. The van der Waals surface area contributed by atoms with Gasteiger partial charge in [0.15, 0.2) is 0 Å². The van der Waals surface area contributed by atoms with Crippen molar-refractivity contribution in [2.75, 3.05) is 0 Å². The molecule has 37 heavy (non-hydrogen) atoms. The molecule has 3 aromatic carbocycles. The molecular weight excluding hydrogens is 501 g/mol. The lowest BCUT2D eigenvalue weighted by atomic mass is 9.89. The average molecular weight is 541 g/mol. The minimum Gasteiger partial charge on any atom is -0.288 e. The molecule has 5 aromatic rings. The Morgan fingerprint density at radius 2 is 0.892 bits per heavy atom. The number of H-pyrrole nitrogens is 1. The van der Waals surface area contributed by atoms with Gasteiger partial charge in [0.25, 0.3) is 11.1 Å². The van der Waals surface area contributed by atoms with Crippen LogP contribution in [0.1, 0.15) is 76.3 Å². The van der Waals surface area contributed by atoms with Crippen LogP contribution in [0.15, 0.2) is 70.3 Å². The molecule has 0 aliphatic carbocycles. The number of aromatic nitrogens is 1. The van der Waals surface area contributed by atoms with Crippen LogP contribution in [0.3, 0.4) is 0 Å². The Morgan fingerprint density at radius 1 is 0.514 bits per heavy atom. The van der Waals surface area contributed by atoms with Gasteiger partial charge in [-0.15, -0.1) is 24.8 Å². The highest BCUT2D eigenvalue weighted by atomic mass is 35.5. The molecule has 0 unspecified atom stereocenters. The monoisotopic (exact) mass is 539 g/mol. The van der Waals surface area contributed by atoms with Crippen LogP contribution in [0.4, 0.5) is 0 Å². The van der Waals surface area contributed by atoms with Gasteiger partial charge in [-0.2, -0.15) is 0 Å². The first kappa shape index (κ1) is 30.6. The standard InChI is InChI=1S/C32H37NO2.2ClH/c1-3-5-7-9-11-23-13-17-25(18-14-23)29-27-21-22-28(32(35)33-31(27)34)30(29)26-19-15-24(16-20-26)12-10-8-6-4-2;;/h13-22H,3-12H2,1-2H3,(H,33,34,35);2*1H. The summed E-state index contributed by atoms with van der Waals surface area (Å²) in [5.41, 5.74) is 5.60. The van der Waals surface area contributed by atoms with Crippen LogP contribution in [0.2, 0.25) is 0 Å². The maximum atomic E-state index is 12.9. The largest absolute Gasteiger partial charge is 0.288 e. The SMILES string of the molecule is CCCCCCc1ccc(-c2c(-c3ccc(CCCCCC)cc3)c3ccc2c(=O)[nH]c3=O)cc1.Cl.Cl. The van der Waals surface area contributed by atoms with Crippen molar-refractivity contribution in [3.63, 3.8) is 0 Å². The summed E-state index contributed by atoms with van der Waals surface area (Å²) in [4.78, 5) is 28.3. The Hall–Kier alpha value is -2.62. The fourth-order valence-corrected chi connectivity index (χ4v) is 5.01. The zero-order chi connectivity index (χ0) is 24.6. The van der Waals surface area contributed by atoms with Crippen LogP contribution >= 0.6 is 24.8 Å². The molecular formula is C32H39Cl2NO2. The van der Waals surface area contributed by atoms with Crippen LogP contribution in [0, 0.1) is 0 Å². The van der Waals surface area contributed by atoms with Crippen molar-refractivity contribution in [1.82, 2.24) is 4.98 Å². The average Bonchev–Trinajstić information content (AvgIpc) is 3.08. The number of hydrogen-bond acceptors (Lipinski definition) is 2. The first-order valence-electron chi connectivity index (χ1n) is 13.3. The van der Waals surface area contributed by atoms with Crippen LogP contribution in [-0.4, -0.2) is 4.98 Å². The summed E-state index contributed by atoms with van der Waals surface area (Å²) in [6.45, 7) is 4.46. The van der Waals surface area contributed by atoms with Crippen LogP contribution < -0.4 is 11.1 Å². The molecule has 5 heteroatoms. The molecule has 2 aromatic heterocycles. The van der Waals surface area contributed by atoms with Gasteiger partial charge in [-0.1, -0.05) is 101 Å². The number of nitrogens with one attached hydrogen (secondary N) is 1. The molecule has 2 heterocycles. The smallest absolute Gasteiger partial charge is 0.258 e. The Morgan fingerprint density at radius 3 is 1.24 bits per heavy atom. The Bertz CT molecular complexity index is 1240. The first-order chi connectivity index (χ1) is 17.1. The van der Waals surface area contributed by atoms with E-state index in [2.05, 4.69) is 67.4 Å². The Labute approximate surface area is 232 Å². The van der Waals surface area contributed by atoms with Crippen molar-refractivity contribution >= 4 is 35.6 Å². The number of aromatic amines is 1. The van der Waals surface area contributed by atoms with Gasteiger partial charge in [-0.25, -0.2) is 0 Å². The van der Waals surface area contributed by atoms with Crippen molar-refractivity contribution in [3.05, 3.63) is 92.5 Å². The van der Waals surface area contributed by atoms with E-state index >= 15 is 0 Å². The van der Waals surface area contributed by atoms with Gasteiger partial charge in [0, 0.05) is 21.9 Å². The minimum absolute atomic E-state index is 0. The van der Waals surface area contributed by atoms with Crippen molar-refractivity contribution < 1.29 is 0 Å². The van der Waals surface area contributed by atoms with E-state index < -0.39 is 0 Å². The van der Waals surface area contributed by atoms with Gasteiger partial charge >= 0.3 is 0 Å². The third-order valence-electron chi connectivity index (χ3n) is 7.04. The quantitative estimate of drug-likeness (QED) is 0.183. The minimum atomic E-state index is -0.331. The first-order valence-corrected chi connectivity index (χ1v) is 13.3. The topological polar surface area (TPSA) is 49.9 Å². The lowest BCUT2D eigenvalue weighted by Crippen LogP contribution is -2.12. The predicted molar refractivity (Wildman–Crippen MR) is 163 cm³/mol. The zero-order valence-electron chi connectivity index (χ0n) is 22.0. The fraction of sp³-hybridized carbons (Fsp3) is 0.375. The van der Waals surface area contributed by atoms with Crippen LogP contribution in [-0.2, 0) is 12.8 Å². The normalized spacial score (nSPS) is 10.8. The molecule has 0 amide bonds. The summed E-state index contributed by atoms with van der Waals surface area (Å²) in [6, 6.07) is 20.6. The molecule has 198 valence electrons. The van der Waals surface area contributed by atoms with E-state index in [-0.39, 0.29) is 35.9 Å². The highest BCUT2D eigenvalue weighted by Crippen LogP contribution is 2.37. The van der Waals surface area contributed by atoms with E-state index in [1.165, 1.54) is 62.5 Å². The van der Waals surface area contributed by atoms with E-state index in [9.17, 15) is 9.59 Å². The molecule has 5 rings (SSSR count). The maximum absolute atomic E-state index is 12.9. The van der Waals surface area contributed by atoms with Crippen molar-refractivity contribution in [3.8, 4) is 22.3 Å². The van der Waals surface area contributed by atoms with Crippen molar-refractivity contribution in [1.29, 1.82) is 0 Å². The summed E-state index contributed by atoms with van der Waals surface area (Å²) >= 11 is 0. The Balaban J connectivity index is 0.00000241. The highest BCUT2D eigenvalue weighted by Gasteiger charge is 2.18. The van der Waals surface area contributed by atoms with E-state index in [0.717, 1.165) is 35.1 Å². The molecule has 0 radical (unpaired) electrons. The third kappa shape index (κ3) is 7.46. The number of aryl methyl sites for hydroxylation is 2. The number of halogens is 2. The second-order valence-electron chi connectivity index (χ2n) is 9.71. The van der Waals surface area contributed by atoms with Gasteiger partial charge in [-0.05, 0) is 60.1 Å². The molecule has 0 spiro atoms. The molecule has 2 bridgehead atoms. The van der Waals surface area contributed by atoms with E-state index in [0.29, 0.717) is 10.8 Å². The summed E-state index contributed by atoms with van der Waals surface area (Å²) in [7, 11) is 0. The molecule has 0 atom stereocenters. The molecule has 0 fully saturated rings. The number of unbranched alkanes of at least 4 members (excludes halogenated alkanes) is 6. The summed E-state index contributed by atoms with van der Waals surface area (Å²) in [6.07, 6.45) is 12.1. The van der Waals surface area contributed by atoms with Gasteiger partial charge in [0.1, 0.15) is 0 Å². The number of fused-ring (bicyclic) bond motifs is 4. The van der Waals surface area contributed by atoms with Gasteiger partial charge in [0.05, 0.1) is 0 Å². The van der Waals surface area contributed by atoms with Gasteiger partial charge in [-0.3, -0.25) is 14.6 Å². The lowest BCUT2D eigenvalue weighted by molar-refractivity contribution is 0.667. The third-order valence-corrected chi connectivity index (χ3v) is 7.04. The van der Waals surface area contributed by atoms with Crippen LogP contribution in [0.5, 0.6) is 0 Å². The second-order valence-corrected chi connectivity index (χ2v) is 9.71. The summed E-state index contributed by atoms with van der Waals surface area (Å²) in [5.74, 6) is 0. The zero-order valence-corrected chi connectivity index (χ0v) is 23.6. The number of benzene rings is 3. The molecule has 0 aliphatic heterocycles. The summed E-state index contributed by atoms with van der Waals surface area (Å²) < 4.78 is 0. The van der Waals surface area contributed by atoms with E-state index in [4.69, 9.17) is 0 Å². The number of hydrogen-bond donors (Lipinski definition) is 1. The lowest BCUT2D eigenvalue weighted by Gasteiger charge is -2.13. The molecule has 0 aliphatic rings. The Kier molecular flexibility index (Phi) is 12.4.